The zero-order valence-electron chi connectivity index (χ0n) is 11.0. The van der Waals surface area contributed by atoms with E-state index in [0.29, 0.717) is 15.0 Å². The molecule has 1 aromatic carbocycles. The maximum absolute atomic E-state index is 12.4. The summed E-state index contributed by atoms with van der Waals surface area (Å²) < 4.78 is 42.6. The largest absolute Gasteiger partial charge is 0.506 e. The van der Waals surface area contributed by atoms with E-state index in [-0.39, 0.29) is 11.3 Å². The van der Waals surface area contributed by atoms with Crippen molar-refractivity contribution in [1.29, 1.82) is 0 Å². The van der Waals surface area contributed by atoms with Crippen molar-refractivity contribution in [3.63, 3.8) is 0 Å². The molecule has 10 heteroatoms. The van der Waals surface area contributed by atoms with E-state index in [1.807, 2.05) is 5.43 Å². The summed E-state index contributed by atoms with van der Waals surface area (Å²) in [7, 11) is 0. The second kappa shape index (κ2) is 6.75. The molecule has 1 amide bonds. The van der Waals surface area contributed by atoms with Crippen molar-refractivity contribution >= 4 is 44.0 Å². The number of phenolic OH excluding ortho intramolecular Hbond substituents is 1. The molecule has 0 atom stereocenters. The minimum Gasteiger partial charge on any atom is -0.506 e. The Kier molecular flexibility index (Phi) is 5.15. The third-order valence-corrected chi connectivity index (χ3v) is 3.60. The summed E-state index contributed by atoms with van der Waals surface area (Å²) in [4.78, 5) is 11.6. The van der Waals surface area contributed by atoms with Crippen LogP contribution >= 0.6 is 31.9 Å². The van der Waals surface area contributed by atoms with Crippen LogP contribution in [0.4, 0.5) is 13.2 Å². The van der Waals surface area contributed by atoms with Gasteiger partial charge in [-0.15, -0.1) is 0 Å². The summed E-state index contributed by atoms with van der Waals surface area (Å²) in [5.74, 6) is -2.87. The quantitative estimate of drug-likeness (QED) is 0.535. The molecule has 0 saturated carbocycles. The molecule has 0 saturated heterocycles. The molecule has 1 aromatic heterocycles. The van der Waals surface area contributed by atoms with Gasteiger partial charge in [0.05, 0.1) is 10.7 Å². The molecule has 0 aliphatic rings. The fourth-order valence-corrected chi connectivity index (χ4v) is 2.77. The van der Waals surface area contributed by atoms with Gasteiger partial charge in [-0.1, -0.05) is 15.9 Å². The molecule has 5 nitrogen and oxygen atoms in total. The standard InChI is InChI=1S/C13H7Br2F3N2O3/c14-7-3-6(11(21)8(15)4-7)5-19-20-12(22)9-1-2-10(23-9)13(16,17)18/h1-5,21H,(H,20,22)/b19-5+. The summed E-state index contributed by atoms with van der Waals surface area (Å²) in [5, 5.41) is 13.3. The number of hydrazone groups is 1. The van der Waals surface area contributed by atoms with E-state index in [1.54, 1.807) is 6.07 Å². The second-order valence-corrected chi connectivity index (χ2v) is 5.96. The van der Waals surface area contributed by atoms with Gasteiger partial charge in [0, 0.05) is 10.0 Å². The maximum Gasteiger partial charge on any atom is 0.449 e. The molecule has 0 aliphatic carbocycles. The van der Waals surface area contributed by atoms with E-state index >= 15 is 0 Å². The minimum absolute atomic E-state index is 0.108. The Morgan fingerprint density at radius 3 is 2.61 bits per heavy atom. The van der Waals surface area contributed by atoms with Crippen molar-refractivity contribution in [3.8, 4) is 5.75 Å². The van der Waals surface area contributed by atoms with Gasteiger partial charge in [-0.2, -0.15) is 18.3 Å². The Morgan fingerprint density at radius 2 is 2.00 bits per heavy atom. The van der Waals surface area contributed by atoms with E-state index in [9.17, 15) is 23.1 Å². The van der Waals surface area contributed by atoms with Crippen LogP contribution in [0.1, 0.15) is 21.9 Å². The number of halogens is 5. The van der Waals surface area contributed by atoms with Crippen LogP contribution in [0.2, 0.25) is 0 Å². The van der Waals surface area contributed by atoms with Crippen LogP contribution in [0, 0.1) is 0 Å². The molecule has 2 aromatic rings. The third kappa shape index (κ3) is 4.35. The number of hydrogen-bond donors (Lipinski definition) is 2. The monoisotopic (exact) mass is 454 g/mol. The van der Waals surface area contributed by atoms with Gasteiger partial charge in [0.25, 0.3) is 0 Å². The average molecular weight is 456 g/mol. The molecular weight excluding hydrogens is 449 g/mol. The van der Waals surface area contributed by atoms with E-state index in [0.717, 1.165) is 12.3 Å². The highest BCUT2D eigenvalue weighted by Crippen LogP contribution is 2.31. The van der Waals surface area contributed by atoms with Gasteiger partial charge < -0.3 is 9.52 Å². The van der Waals surface area contributed by atoms with Crippen LogP contribution in [0.25, 0.3) is 0 Å². The molecule has 0 fully saturated rings. The number of phenols is 1. The van der Waals surface area contributed by atoms with E-state index in [1.165, 1.54) is 6.07 Å². The van der Waals surface area contributed by atoms with E-state index < -0.39 is 23.6 Å². The van der Waals surface area contributed by atoms with Gasteiger partial charge in [0.1, 0.15) is 5.75 Å². The van der Waals surface area contributed by atoms with E-state index in [2.05, 4.69) is 41.4 Å². The first kappa shape index (κ1) is 17.5. The van der Waals surface area contributed by atoms with Crippen LogP contribution in [0.15, 0.2) is 42.7 Å². The molecule has 0 unspecified atom stereocenters. The lowest BCUT2D eigenvalue weighted by molar-refractivity contribution is -0.153. The number of hydrogen-bond acceptors (Lipinski definition) is 4. The lowest BCUT2D eigenvalue weighted by Crippen LogP contribution is -2.17. The van der Waals surface area contributed by atoms with Gasteiger partial charge >= 0.3 is 12.1 Å². The van der Waals surface area contributed by atoms with Crippen LogP contribution in [0.3, 0.4) is 0 Å². The van der Waals surface area contributed by atoms with Gasteiger partial charge in [-0.3, -0.25) is 4.79 Å². The van der Waals surface area contributed by atoms with Gasteiger partial charge in [0.2, 0.25) is 5.76 Å². The first-order valence-corrected chi connectivity index (χ1v) is 7.45. The number of benzene rings is 1. The number of carbonyl (C=O) groups is 1. The smallest absolute Gasteiger partial charge is 0.449 e. The number of aromatic hydroxyl groups is 1. The van der Waals surface area contributed by atoms with Gasteiger partial charge in [-0.25, -0.2) is 5.43 Å². The first-order valence-electron chi connectivity index (χ1n) is 5.87. The summed E-state index contributed by atoms with van der Waals surface area (Å²) in [5.41, 5.74) is 2.29. The highest BCUT2D eigenvalue weighted by Gasteiger charge is 2.35. The Balaban J connectivity index is 2.09. The highest BCUT2D eigenvalue weighted by molar-refractivity contribution is 9.11. The number of carbonyl (C=O) groups excluding carboxylic acids is 1. The number of rotatable bonds is 3. The Bertz CT molecular complexity index is 772. The SMILES string of the molecule is O=C(N/N=C/c1cc(Br)cc(Br)c1O)c1ccc(C(F)(F)F)o1. The minimum atomic E-state index is -4.67. The zero-order valence-corrected chi connectivity index (χ0v) is 14.2. The van der Waals surface area contributed by atoms with Crippen molar-refractivity contribution < 1.29 is 27.5 Å². The van der Waals surface area contributed by atoms with Crippen molar-refractivity contribution in [2.24, 2.45) is 5.10 Å². The number of furan rings is 1. The average Bonchev–Trinajstić information content (AvgIpc) is 2.93. The number of alkyl halides is 3. The summed E-state index contributed by atoms with van der Waals surface area (Å²) in [6, 6.07) is 4.67. The van der Waals surface area contributed by atoms with Gasteiger partial charge in [0.15, 0.2) is 5.76 Å². The Hall–Kier alpha value is -1.81. The zero-order chi connectivity index (χ0) is 17.2. The molecule has 1 heterocycles. The molecule has 0 radical (unpaired) electrons. The normalized spacial score (nSPS) is 11.9. The molecule has 0 bridgehead atoms. The molecule has 23 heavy (non-hydrogen) atoms. The first-order chi connectivity index (χ1) is 10.7. The molecular formula is C13H7Br2F3N2O3. The molecule has 122 valence electrons. The van der Waals surface area contributed by atoms with Crippen LogP contribution < -0.4 is 5.43 Å². The third-order valence-electron chi connectivity index (χ3n) is 2.54. The predicted molar refractivity (Wildman–Crippen MR) is 82.3 cm³/mol. The van der Waals surface area contributed by atoms with Crippen LogP contribution in [0.5, 0.6) is 5.75 Å². The molecule has 2 N–H and O–H groups in total. The Labute approximate surface area is 144 Å². The lowest BCUT2D eigenvalue weighted by Gasteiger charge is -2.03. The summed E-state index contributed by atoms with van der Waals surface area (Å²) in [6.07, 6.45) is -3.54. The number of nitrogens with one attached hydrogen (secondary N) is 1. The molecule has 0 aliphatic heterocycles. The fourth-order valence-electron chi connectivity index (χ4n) is 1.51. The molecule has 0 spiro atoms. The van der Waals surface area contributed by atoms with Crippen molar-refractivity contribution in [2.75, 3.05) is 0 Å². The lowest BCUT2D eigenvalue weighted by atomic mass is 10.2. The number of amides is 1. The van der Waals surface area contributed by atoms with Crippen LogP contribution in [-0.2, 0) is 6.18 Å². The summed E-state index contributed by atoms with van der Waals surface area (Å²) >= 11 is 6.34. The van der Waals surface area contributed by atoms with Crippen molar-refractivity contribution in [3.05, 3.63) is 50.3 Å². The van der Waals surface area contributed by atoms with Crippen LogP contribution in [-0.4, -0.2) is 17.2 Å². The Morgan fingerprint density at radius 1 is 1.30 bits per heavy atom. The van der Waals surface area contributed by atoms with Crippen molar-refractivity contribution in [1.82, 2.24) is 5.43 Å². The number of nitrogens with zero attached hydrogens (tertiary/aromatic N) is 1. The molecule has 2 rings (SSSR count). The second-order valence-electron chi connectivity index (χ2n) is 4.19. The fraction of sp³-hybridized carbons (Fsp3) is 0.0769. The van der Waals surface area contributed by atoms with Crippen molar-refractivity contribution in [2.45, 2.75) is 6.18 Å². The van der Waals surface area contributed by atoms with Gasteiger partial charge in [-0.05, 0) is 40.2 Å². The highest BCUT2D eigenvalue weighted by atomic mass is 79.9. The van der Waals surface area contributed by atoms with E-state index in [4.69, 9.17) is 0 Å². The summed E-state index contributed by atoms with van der Waals surface area (Å²) in [6.45, 7) is 0. The predicted octanol–water partition coefficient (Wildman–Crippen LogP) is 4.29. The maximum atomic E-state index is 12.4. The topological polar surface area (TPSA) is 74.8 Å².